The number of aryl methyl sites for hydroxylation is 1. The Morgan fingerprint density at radius 2 is 2.09 bits per heavy atom. The highest BCUT2D eigenvalue weighted by Crippen LogP contribution is 2.37. The summed E-state index contributed by atoms with van der Waals surface area (Å²) in [6.07, 6.45) is 0. The van der Waals surface area contributed by atoms with Crippen molar-refractivity contribution in [1.29, 1.82) is 0 Å². The van der Waals surface area contributed by atoms with E-state index in [2.05, 4.69) is 20.5 Å². The summed E-state index contributed by atoms with van der Waals surface area (Å²) in [6.45, 7) is 2.19. The van der Waals surface area contributed by atoms with Crippen molar-refractivity contribution < 1.29 is 9.53 Å². The number of ether oxygens (including phenoxy) is 1. The molecular formula is C17H14N4O2. The SMILES string of the molecule is Cc1cccc(NC(=O)c2[nH]nc3c2COc2ccccc2-3)n1. The number of aromatic amines is 1. The van der Waals surface area contributed by atoms with E-state index in [9.17, 15) is 4.79 Å². The molecule has 0 fully saturated rings. The molecule has 0 bridgehead atoms. The lowest BCUT2D eigenvalue weighted by Gasteiger charge is -2.17. The van der Waals surface area contributed by atoms with Crippen LogP contribution < -0.4 is 10.1 Å². The van der Waals surface area contributed by atoms with Crippen molar-refractivity contribution in [3.05, 3.63) is 59.4 Å². The van der Waals surface area contributed by atoms with E-state index in [1.807, 2.05) is 43.3 Å². The van der Waals surface area contributed by atoms with Crippen LogP contribution >= 0.6 is 0 Å². The Labute approximate surface area is 132 Å². The molecule has 3 aromatic rings. The van der Waals surface area contributed by atoms with Gasteiger partial charge in [0.2, 0.25) is 0 Å². The third kappa shape index (κ3) is 2.34. The average molecular weight is 306 g/mol. The Bertz CT molecular complexity index is 901. The minimum atomic E-state index is -0.278. The molecular weight excluding hydrogens is 292 g/mol. The molecule has 0 saturated heterocycles. The number of anilines is 1. The molecule has 0 spiro atoms. The van der Waals surface area contributed by atoms with E-state index in [4.69, 9.17) is 4.74 Å². The van der Waals surface area contributed by atoms with Gasteiger partial charge in [0.25, 0.3) is 5.91 Å². The molecule has 0 unspecified atom stereocenters. The molecule has 1 aromatic carbocycles. The number of carbonyl (C=O) groups excluding carboxylic acids is 1. The van der Waals surface area contributed by atoms with Gasteiger partial charge in [-0.1, -0.05) is 18.2 Å². The van der Waals surface area contributed by atoms with Crippen molar-refractivity contribution in [3.8, 4) is 17.0 Å². The summed E-state index contributed by atoms with van der Waals surface area (Å²) in [5.74, 6) is 1.01. The van der Waals surface area contributed by atoms with E-state index >= 15 is 0 Å². The summed E-state index contributed by atoms with van der Waals surface area (Å²) in [4.78, 5) is 16.8. The van der Waals surface area contributed by atoms with E-state index in [1.54, 1.807) is 6.07 Å². The van der Waals surface area contributed by atoms with Gasteiger partial charge in [-0.25, -0.2) is 4.98 Å². The lowest BCUT2D eigenvalue weighted by molar-refractivity contribution is 0.101. The summed E-state index contributed by atoms with van der Waals surface area (Å²) in [5, 5.41) is 9.90. The molecule has 2 N–H and O–H groups in total. The second kappa shape index (κ2) is 5.24. The van der Waals surface area contributed by atoms with E-state index in [-0.39, 0.29) is 5.91 Å². The Hall–Kier alpha value is -3.15. The fourth-order valence-electron chi connectivity index (χ4n) is 2.65. The second-order valence-corrected chi connectivity index (χ2v) is 5.33. The van der Waals surface area contributed by atoms with Crippen LogP contribution in [-0.2, 0) is 6.61 Å². The first-order chi connectivity index (χ1) is 11.2. The highest BCUT2D eigenvalue weighted by Gasteiger charge is 2.26. The number of fused-ring (bicyclic) bond motifs is 3. The third-order valence-corrected chi connectivity index (χ3v) is 3.74. The number of hydrogen-bond donors (Lipinski definition) is 2. The van der Waals surface area contributed by atoms with Crippen LogP contribution in [0.1, 0.15) is 21.7 Å². The monoisotopic (exact) mass is 306 g/mol. The molecule has 6 nitrogen and oxygen atoms in total. The van der Waals surface area contributed by atoms with Crippen LogP contribution in [-0.4, -0.2) is 21.1 Å². The molecule has 0 atom stereocenters. The number of benzene rings is 1. The van der Waals surface area contributed by atoms with Crippen LogP contribution in [0.2, 0.25) is 0 Å². The number of amides is 1. The molecule has 6 heteroatoms. The zero-order valence-corrected chi connectivity index (χ0v) is 12.5. The number of nitrogens with one attached hydrogen (secondary N) is 2. The van der Waals surface area contributed by atoms with Gasteiger partial charge in [-0.05, 0) is 31.2 Å². The number of para-hydroxylation sites is 1. The molecule has 0 aliphatic carbocycles. The number of carbonyl (C=O) groups is 1. The number of H-pyrrole nitrogens is 1. The van der Waals surface area contributed by atoms with Crippen molar-refractivity contribution in [2.75, 3.05) is 5.32 Å². The van der Waals surface area contributed by atoms with Gasteiger partial charge >= 0.3 is 0 Å². The minimum absolute atomic E-state index is 0.278. The Morgan fingerprint density at radius 3 is 2.96 bits per heavy atom. The maximum absolute atomic E-state index is 12.5. The molecule has 2 aromatic heterocycles. The lowest BCUT2D eigenvalue weighted by Crippen LogP contribution is -2.17. The smallest absolute Gasteiger partial charge is 0.275 e. The maximum atomic E-state index is 12.5. The summed E-state index contributed by atoms with van der Waals surface area (Å²) < 4.78 is 5.71. The summed E-state index contributed by atoms with van der Waals surface area (Å²) >= 11 is 0. The fraction of sp³-hybridized carbons (Fsp3) is 0.118. The Kier molecular flexibility index (Phi) is 3.08. The summed E-state index contributed by atoms with van der Waals surface area (Å²) in [6, 6.07) is 13.1. The second-order valence-electron chi connectivity index (χ2n) is 5.33. The average Bonchev–Trinajstić information content (AvgIpc) is 2.99. The zero-order valence-electron chi connectivity index (χ0n) is 12.5. The van der Waals surface area contributed by atoms with Crippen molar-refractivity contribution >= 4 is 11.7 Å². The van der Waals surface area contributed by atoms with Gasteiger partial charge in [0.15, 0.2) is 0 Å². The predicted octanol–water partition coefficient (Wildman–Crippen LogP) is 2.92. The first-order valence-electron chi connectivity index (χ1n) is 7.27. The highest BCUT2D eigenvalue weighted by atomic mass is 16.5. The van der Waals surface area contributed by atoms with Gasteiger partial charge in [0.1, 0.15) is 29.6 Å². The molecule has 0 saturated carbocycles. The maximum Gasteiger partial charge on any atom is 0.275 e. The number of pyridine rings is 1. The minimum Gasteiger partial charge on any atom is -0.488 e. The Balaban J connectivity index is 1.67. The molecule has 114 valence electrons. The summed E-state index contributed by atoms with van der Waals surface area (Å²) in [5.41, 5.74) is 3.64. The third-order valence-electron chi connectivity index (χ3n) is 3.74. The van der Waals surface area contributed by atoms with Crippen LogP contribution in [0, 0.1) is 6.92 Å². The van der Waals surface area contributed by atoms with Gasteiger partial charge in [0.05, 0.1) is 0 Å². The van der Waals surface area contributed by atoms with Crippen LogP contribution in [0.3, 0.4) is 0 Å². The molecule has 1 aliphatic heterocycles. The molecule has 23 heavy (non-hydrogen) atoms. The van der Waals surface area contributed by atoms with Gasteiger partial charge in [-0.3, -0.25) is 9.89 Å². The largest absolute Gasteiger partial charge is 0.488 e. The van der Waals surface area contributed by atoms with Crippen LogP contribution in [0.25, 0.3) is 11.3 Å². The number of rotatable bonds is 2. The molecule has 4 rings (SSSR count). The quantitative estimate of drug-likeness (QED) is 0.763. The van der Waals surface area contributed by atoms with Gasteiger partial charge in [-0.2, -0.15) is 5.10 Å². The molecule has 1 amide bonds. The first kappa shape index (κ1) is 13.5. The standard InChI is InChI=1S/C17H14N4O2/c1-10-5-4-8-14(18-10)19-17(22)16-12-9-23-13-7-3-2-6-11(13)15(12)20-21-16/h2-8H,9H2,1H3,(H,20,21)(H,18,19,22). The molecule has 3 heterocycles. The lowest BCUT2D eigenvalue weighted by atomic mass is 10.0. The van der Waals surface area contributed by atoms with Crippen LogP contribution in [0.4, 0.5) is 5.82 Å². The van der Waals surface area contributed by atoms with Gasteiger partial charge < -0.3 is 10.1 Å². The van der Waals surface area contributed by atoms with E-state index in [1.165, 1.54) is 0 Å². The fourth-order valence-corrected chi connectivity index (χ4v) is 2.65. The number of hydrogen-bond acceptors (Lipinski definition) is 4. The van der Waals surface area contributed by atoms with Crippen molar-refractivity contribution in [2.24, 2.45) is 0 Å². The van der Waals surface area contributed by atoms with E-state index in [0.29, 0.717) is 18.1 Å². The normalized spacial score (nSPS) is 12.0. The molecule has 0 radical (unpaired) electrons. The predicted molar refractivity (Wildman–Crippen MR) is 85.3 cm³/mol. The molecule has 1 aliphatic rings. The van der Waals surface area contributed by atoms with Crippen molar-refractivity contribution in [1.82, 2.24) is 15.2 Å². The van der Waals surface area contributed by atoms with Gasteiger partial charge in [-0.15, -0.1) is 0 Å². The first-order valence-corrected chi connectivity index (χ1v) is 7.27. The summed E-state index contributed by atoms with van der Waals surface area (Å²) in [7, 11) is 0. The highest BCUT2D eigenvalue weighted by molar-refractivity contribution is 6.04. The number of nitrogens with zero attached hydrogens (tertiary/aromatic N) is 2. The Morgan fingerprint density at radius 1 is 1.22 bits per heavy atom. The number of aromatic nitrogens is 3. The van der Waals surface area contributed by atoms with Gasteiger partial charge in [0, 0.05) is 16.8 Å². The van der Waals surface area contributed by atoms with Crippen molar-refractivity contribution in [2.45, 2.75) is 13.5 Å². The topological polar surface area (TPSA) is 79.9 Å². The zero-order chi connectivity index (χ0) is 15.8. The van der Waals surface area contributed by atoms with E-state index < -0.39 is 0 Å². The van der Waals surface area contributed by atoms with E-state index in [0.717, 1.165) is 28.3 Å². The van der Waals surface area contributed by atoms with Crippen molar-refractivity contribution in [3.63, 3.8) is 0 Å². The van der Waals surface area contributed by atoms with Crippen LogP contribution in [0.5, 0.6) is 5.75 Å². The van der Waals surface area contributed by atoms with Crippen LogP contribution in [0.15, 0.2) is 42.5 Å².